The van der Waals surface area contributed by atoms with Crippen LogP contribution >= 0.6 is 0 Å². The van der Waals surface area contributed by atoms with Gasteiger partial charge >= 0.3 is 5.97 Å². The number of phenolic OH excluding ortho intramolecular Hbond substituents is 1. The lowest BCUT2D eigenvalue weighted by molar-refractivity contribution is -0.137. The van der Waals surface area contributed by atoms with E-state index in [0.717, 1.165) is 12.1 Å². The molecular weight excluding hydrogens is 258 g/mol. The van der Waals surface area contributed by atoms with Crippen molar-refractivity contribution in [3.05, 3.63) is 23.8 Å². The van der Waals surface area contributed by atoms with E-state index in [2.05, 4.69) is 18.7 Å². The summed E-state index contributed by atoms with van der Waals surface area (Å²) in [6, 6.07) is 5.60. The Morgan fingerprint density at radius 3 is 2.65 bits per heavy atom. The highest BCUT2D eigenvalue weighted by molar-refractivity contribution is 5.66. The predicted molar refractivity (Wildman–Crippen MR) is 77.1 cm³/mol. The number of benzene rings is 1. The first-order valence-corrected chi connectivity index (χ1v) is 6.75. The summed E-state index contributed by atoms with van der Waals surface area (Å²) in [4.78, 5) is 12.8. The van der Waals surface area contributed by atoms with E-state index in [1.165, 1.54) is 7.11 Å². The van der Waals surface area contributed by atoms with Gasteiger partial charge in [-0.15, -0.1) is 0 Å². The molecule has 0 saturated heterocycles. The molecule has 0 fully saturated rings. The number of nitrogens with zero attached hydrogens (tertiary/aromatic N) is 1. The molecule has 0 unspecified atom stereocenters. The first-order valence-electron chi connectivity index (χ1n) is 6.75. The van der Waals surface area contributed by atoms with E-state index < -0.39 is 5.97 Å². The topological polar surface area (TPSA) is 70.0 Å². The summed E-state index contributed by atoms with van der Waals surface area (Å²) in [7, 11) is 1.52. The van der Waals surface area contributed by atoms with Crippen molar-refractivity contribution in [2.24, 2.45) is 0 Å². The minimum Gasteiger partial charge on any atom is -0.504 e. The van der Waals surface area contributed by atoms with E-state index in [0.29, 0.717) is 24.8 Å². The van der Waals surface area contributed by atoms with Crippen molar-refractivity contribution in [3.63, 3.8) is 0 Å². The van der Waals surface area contributed by atoms with Crippen LogP contribution in [0.5, 0.6) is 11.5 Å². The van der Waals surface area contributed by atoms with Gasteiger partial charge in [0.15, 0.2) is 11.5 Å². The molecule has 2 N–H and O–H groups in total. The Bertz CT molecular complexity index is 445. The van der Waals surface area contributed by atoms with Crippen molar-refractivity contribution >= 4 is 5.97 Å². The maximum Gasteiger partial charge on any atom is 0.303 e. The molecule has 1 rings (SSSR count). The molecule has 0 aliphatic rings. The number of rotatable bonds is 8. The third kappa shape index (κ3) is 5.09. The average Bonchev–Trinajstić information content (AvgIpc) is 2.39. The van der Waals surface area contributed by atoms with E-state index in [4.69, 9.17) is 9.84 Å². The van der Waals surface area contributed by atoms with Gasteiger partial charge in [0, 0.05) is 19.0 Å². The van der Waals surface area contributed by atoms with Gasteiger partial charge in [-0.25, -0.2) is 0 Å². The lowest BCUT2D eigenvalue weighted by atomic mass is 10.1. The molecule has 0 aliphatic heterocycles. The molecule has 0 saturated carbocycles. The second kappa shape index (κ2) is 7.75. The smallest absolute Gasteiger partial charge is 0.303 e. The fraction of sp³-hybridized carbons (Fsp3) is 0.533. The second-order valence-electron chi connectivity index (χ2n) is 5.07. The molecule has 0 bridgehead atoms. The molecular formula is C15H23NO4. The van der Waals surface area contributed by atoms with Crippen molar-refractivity contribution in [2.45, 2.75) is 39.3 Å². The van der Waals surface area contributed by atoms with Crippen molar-refractivity contribution in [3.8, 4) is 11.5 Å². The first-order chi connectivity index (χ1) is 9.43. The number of ether oxygens (including phenoxy) is 1. The van der Waals surface area contributed by atoms with Crippen LogP contribution in [0.1, 0.15) is 32.3 Å². The SMILES string of the molecule is COc1cc(CN(CCCC(=O)O)C(C)C)ccc1O. The standard InChI is InChI=1S/C15H23NO4/c1-11(2)16(8-4-5-15(18)19)10-12-6-7-13(17)14(9-12)20-3/h6-7,9,11,17H,4-5,8,10H2,1-3H3,(H,18,19). The number of hydrogen-bond donors (Lipinski definition) is 2. The van der Waals surface area contributed by atoms with E-state index in [1.54, 1.807) is 6.07 Å². The van der Waals surface area contributed by atoms with Gasteiger partial charge in [-0.1, -0.05) is 6.07 Å². The fourth-order valence-electron chi connectivity index (χ4n) is 2.01. The van der Waals surface area contributed by atoms with E-state index >= 15 is 0 Å². The molecule has 0 heterocycles. The molecule has 0 aliphatic carbocycles. The van der Waals surface area contributed by atoms with Gasteiger partial charge < -0.3 is 14.9 Å². The Morgan fingerprint density at radius 1 is 1.40 bits per heavy atom. The molecule has 0 amide bonds. The Kier molecular flexibility index (Phi) is 6.31. The molecule has 5 nitrogen and oxygen atoms in total. The molecule has 20 heavy (non-hydrogen) atoms. The van der Waals surface area contributed by atoms with Gasteiger partial charge in [0.1, 0.15) is 0 Å². The van der Waals surface area contributed by atoms with Gasteiger partial charge in [-0.3, -0.25) is 9.69 Å². The van der Waals surface area contributed by atoms with Crippen LogP contribution < -0.4 is 4.74 Å². The Labute approximate surface area is 119 Å². The van der Waals surface area contributed by atoms with E-state index in [-0.39, 0.29) is 12.2 Å². The third-order valence-corrected chi connectivity index (χ3v) is 3.20. The largest absolute Gasteiger partial charge is 0.504 e. The minimum absolute atomic E-state index is 0.123. The lowest BCUT2D eigenvalue weighted by Crippen LogP contribution is -2.31. The van der Waals surface area contributed by atoms with Crippen molar-refractivity contribution in [1.29, 1.82) is 0 Å². The number of carboxylic acid groups (broad SMARTS) is 1. The lowest BCUT2D eigenvalue weighted by Gasteiger charge is -2.26. The molecule has 1 aromatic rings. The second-order valence-corrected chi connectivity index (χ2v) is 5.07. The number of aliphatic carboxylic acids is 1. The zero-order valence-electron chi connectivity index (χ0n) is 12.3. The van der Waals surface area contributed by atoms with Crippen LogP contribution in [0, 0.1) is 0 Å². The normalized spacial score (nSPS) is 11.1. The monoisotopic (exact) mass is 281 g/mol. The van der Waals surface area contributed by atoms with E-state index in [1.807, 2.05) is 12.1 Å². The number of carboxylic acids is 1. The summed E-state index contributed by atoms with van der Waals surface area (Å²) in [5.41, 5.74) is 1.03. The summed E-state index contributed by atoms with van der Waals surface area (Å²) in [6.07, 6.45) is 0.810. The summed E-state index contributed by atoms with van der Waals surface area (Å²) in [5.74, 6) is -0.185. The molecule has 112 valence electrons. The van der Waals surface area contributed by atoms with Crippen LogP contribution in [0.4, 0.5) is 0 Å². The Hall–Kier alpha value is -1.75. The van der Waals surface area contributed by atoms with Crippen LogP contribution in [0.2, 0.25) is 0 Å². The van der Waals surface area contributed by atoms with Crippen LogP contribution in [0.3, 0.4) is 0 Å². The summed E-state index contributed by atoms with van der Waals surface area (Å²) in [6.45, 7) is 5.60. The van der Waals surface area contributed by atoms with Crippen LogP contribution in [-0.4, -0.2) is 40.8 Å². The zero-order chi connectivity index (χ0) is 15.1. The van der Waals surface area contributed by atoms with Crippen LogP contribution in [-0.2, 0) is 11.3 Å². The number of aromatic hydroxyl groups is 1. The summed E-state index contributed by atoms with van der Waals surface area (Å²) < 4.78 is 5.09. The molecule has 1 aromatic carbocycles. The first kappa shape index (κ1) is 16.3. The molecule has 0 radical (unpaired) electrons. The summed E-state index contributed by atoms with van der Waals surface area (Å²) in [5, 5.41) is 18.3. The number of methoxy groups -OCH3 is 1. The quantitative estimate of drug-likeness (QED) is 0.766. The Morgan fingerprint density at radius 2 is 2.10 bits per heavy atom. The number of phenols is 1. The third-order valence-electron chi connectivity index (χ3n) is 3.20. The van der Waals surface area contributed by atoms with Gasteiger partial charge in [-0.2, -0.15) is 0 Å². The zero-order valence-corrected chi connectivity index (χ0v) is 12.3. The molecule has 0 atom stereocenters. The maximum absolute atomic E-state index is 10.6. The highest BCUT2D eigenvalue weighted by Gasteiger charge is 2.12. The van der Waals surface area contributed by atoms with E-state index in [9.17, 15) is 9.90 Å². The maximum atomic E-state index is 10.6. The fourth-order valence-corrected chi connectivity index (χ4v) is 2.01. The molecule has 0 spiro atoms. The van der Waals surface area contributed by atoms with Crippen molar-refractivity contribution in [2.75, 3.05) is 13.7 Å². The summed E-state index contributed by atoms with van der Waals surface area (Å²) >= 11 is 0. The minimum atomic E-state index is -0.764. The highest BCUT2D eigenvalue weighted by atomic mass is 16.5. The predicted octanol–water partition coefficient (Wildman–Crippen LogP) is 2.48. The van der Waals surface area contributed by atoms with Gasteiger partial charge in [0.05, 0.1) is 7.11 Å². The van der Waals surface area contributed by atoms with Crippen LogP contribution in [0.25, 0.3) is 0 Å². The average molecular weight is 281 g/mol. The van der Waals surface area contributed by atoms with Crippen molar-refractivity contribution < 1.29 is 19.7 Å². The van der Waals surface area contributed by atoms with Crippen molar-refractivity contribution in [1.82, 2.24) is 4.90 Å². The van der Waals surface area contributed by atoms with Crippen LogP contribution in [0.15, 0.2) is 18.2 Å². The Balaban J connectivity index is 2.67. The molecule has 0 aromatic heterocycles. The molecule has 5 heteroatoms. The number of carbonyl (C=O) groups is 1. The van der Waals surface area contributed by atoms with Gasteiger partial charge in [0.2, 0.25) is 0 Å². The number of hydrogen-bond acceptors (Lipinski definition) is 4. The van der Waals surface area contributed by atoms with Gasteiger partial charge in [-0.05, 0) is 44.5 Å². The van der Waals surface area contributed by atoms with Gasteiger partial charge in [0.25, 0.3) is 0 Å². The highest BCUT2D eigenvalue weighted by Crippen LogP contribution is 2.27.